The Balaban J connectivity index is 2.13. The van der Waals surface area contributed by atoms with Crippen LogP contribution in [0.2, 0.25) is 0 Å². The molecule has 2 aromatic rings. The first-order valence-corrected chi connectivity index (χ1v) is 5.86. The summed E-state index contributed by atoms with van der Waals surface area (Å²) in [5, 5.41) is 2.36. The van der Waals surface area contributed by atoms with E-state index in [1.807, 2.05) is 0 Å². The Bertz CT molecular complexity index is 639. The van der Waals surface area contributed by atoms with Gasteiger partial charge in [-0.2, -0.15) is 13.2 Å². The second kappa shape index (κ2) is 5.74. The van der Waals surface area contributed by atoms with Gasteiger partial charge in [-0.1, -0.05) is 6.07 Å². The van der Waals surface area contributed by atoms with E-state index in [-0.39, 0.29) is 5.75 Å². The highest BCUT2D eigenvalue weighted by molar-refractivity contribution is 5.87. The van der Waals surface area contributed by atoms with E-state index in [2.05, 4.69) is 5.32 Å². The van der Waals surface area contributed by atoms with Gasteiger partial charge in [-0.05, 0) is 42.5 Å². The van der Waals surface area contributed by atoms with Gasteiger partial charge in [0.15, 0.2) is 0 Å². The summed E-state index contributed by atoms with van der Waals surface area (Å²) < 4.78 is 43.1. The first kappa shape index (κ1) is 14.7. The van der Waals surface area contributed by atoms with Crippen molar-refractivity contribution < 1.29 is 22.7 Å². The number of hydrogen-bond acceptors (Lipinski definition) is 2. The third-order valence-electron chi connectivity index (χ3n) is 2.52. The smallest absolute Gasteiger partial charge is 0.416 e. The molecule has 0 fully saturated rings. The number of nitrogens with one attached hydrogen (secondary N) is 1. The van der Waals surface area contributed by atoms with Gasteiger partial charge in [0.05, 0.1) is 5.56 Å². The monoisotopic (exact) mass is 296 g/mol. The number of anilines is 1. The molecule has 0 spiro atoms. The molecule has 4 nitrogen and oxygen atoms in total. The lowest BCUT2D eigenvalue weighted by Crippen LogP contribution is -2.19. The fourth-order valence-electron chi connectivity index (χ4n) is 1.62. The van der Waals surface area contributed by atoms with Gasteiger partial charge in [0.2, 0.25) is 0 Å². The molecule has 0 bridgehead atoms. The number of carbonyl (C=O) groups is 1. The molecular formula is C14H11F3N2O2. The summed E-state index contributed by atoms with van der Waals surface area (Å²) in [5.41, 5.74) is 4.63. The highest BCUT2D eigenvalue weighted by Crippen LogP contribution is 2.32. The van der Waals surface area contributed by atoms with E-state index in [4.69, 9.17) is 10.5 Å². The van der Waals surface area contributed by atoms with Crippen LogP contribution in [0.25, 0.3) is 0 Å². The first-order chi connectivity index (χ1) is 9.84. The number of nitrogens with two attached hydrogens (primary N) is 1. The van der Waals surface area contributed by atoms with Gasteiger partial charge in [0.1, 0.15) is 11.5 Å². The minimum absolute atomic E-state index is 0.0698. The second-order valence-corrected chi connectivity index (χ2v) is 4.14. The number of urea groups is 1. The number of primary amides is 1. The number of rotatable bonds is 3. The van der Waals surface area contributed by atoms with Gasteiger partial charge < -0.3 is 15.8 Å². The molecule has 0 aliphatic rings. The van der Waals surface area contributed by atoms with Crippen molar-refractivity contribution in [3.8, 4) is 11.5 Å². The van der Waals surface area contributed by atoms with E-state index in [0.717, 1.165) is 12.1 Å². The van der Waals surface area contributed by atoms with Gasteiger partial charge in [-0.3, -0.25) is 0 Å². The summed E-state index contributed by atoms with van der Waals surface area (Å²) in [4.78, 5) is 10.6. The lowest BCUT2D eigenvalue weighted by atomic mass is 10.2. The summed E-state index contributed by atoms with van der Waals surface area (Å²) in [7, 11) is 0. The van der Waals surface area contributed by atoms with Crippen LogP contribution in [0.15, 0.2) is 48.5 Å². The SMILES string of the molecule is NC(=O)Nc1ccc(Oc2cccc(C(F)(F)F)c2)cc1. The molecule has 0 aromatic heterocycles. The molecule has 2 amide bonds. The zero-order valence-electron chi connectivity index (χ0n) is 10.6. The number of halogens is 3. The predicted octanol–water partition coefficient (Wildman–Crippen LogP) is 3.99. The Morgan fingerprint density at radius 1 is 1.05 bits per heavy atom. The van der Waals surface area contributed by atoms with Crippen molar-refractivity contribution in [1.29, 1.82) is 0 Å². The van der Waals surface area contributed by atoms with Crippen LogP contribution in [0, 0.1) is 0 Å². The molecule has 0 saturated heterocycles. The van der Waals surface area contributed by atoms with E-state index < -0.39 is 17.8 Å². The first-order valence-electron chi connectivity index (χ1n) is 5.86. The molecule has 0 radical (unpaired) electrons. The standard InChI is InChI=1S/C14H11F3N2O2/c15-14(16,17)9-2-1-3-12(8-9)21-11-6-4-10(5-7-11)19-13(18)20/h1-8H,(H3,18,19,20). The Kier molecular flexibility index (Phi) is 4.02. The van der Waals surface area contributed by atoms with Gasteiger partial charge in [-0.25, -0.2) is 4.79 Å². The maximum absolute atomic E-state index is 12.6. The fourth-order valence-corrected chi connectivity index (χ4v) is 1.62. The molecule has 0 aliphatic heterocycles. The van der Waals surface area contributed by atoms with Crippen LogP contribution in [0.5, 0.6) is 11.5 Å². The predicted molar refractivity (Wildman–Crippen MR) is 71.2 cm³/mol. The summed E-state index contributed by atoms with van der Waals surface area (Å²) in [6.45, 7) is 0. The average molecular weight is 296 g/mol. The zero-order valence-corrected chi connectivity index (χ0v) is 10.6. The van der Waals surface area contributed by atoms with E-state index in [0.29, 0.717) is 11.4 Å². The van der Waals surface area contributed by atoms with E-state index in [9.17, 15) is 18.0 Å². The topological polar surface area (TPSA) is 64.4 Å². The number of carbonyl (C=O) groups excluding carboxylic acids is 1. The molecule has 0 aliphatic carbocycles. The lowest BCUT2D eigenvalue weighted by Gasteiger charge is -2.10. The third-order valence-corrected chi connectivity index (χ3v) is 2.52. The van der Waals surface area contributed by atoms with Crippen LogP contribution >= 0.6 is 0 Å². The molecule has 0 atom stereocenters. The largest absolute Gasteiger partial charge is 0.457 e. The van der Waals surface area contributed by atoms with E-state index in [1.165, 1.54) is 36.4 Å². The maximum Gasteiger partial charge on any atom is 0.416 e. The molecule has 110 valence electrons. The van der Waals surface area contributed by atoms with Crippen LogP contribution in [-0.4, -0.2) is 6.03 Å². The molecular weight excluding hydrogens is 285 g/mol. The Labute approximate surface area is 118 Å². The Hall–Kier alpha value is -2.70. The fraction of sp³-hybridized carbons (Fsp3) is 0.0714. The third kappa shape index (κ3) is 4.13. The molecule has 7 heteroatoms. The van der Waals surface area contributed by atoms with Gasteiger partial charge in [0, 0.05) is 5.69 Å². The van der Waals surface area contributed by atoms with Crippen LogP contribution in [0.4, 0.5) is 23.7 Å². The van der Waals surface area contributed by atoms with Crippen molar-refractivity contribution in [2.75, 3.05) is 5.32 Å². The molecule has 3 N–H and O–H groups in total. The highest BCUT2D eigenvalue weighted by atomic mass is 19.4. The van der Waals surface area contributed by atoms with Crippen molar-refractivity contribution in [3.05, 3.63) is 54.1 Å². The number of benzene rings is 2. The van der Waals surface area contributed by atoms with Crippen molar-refractivity contribution in [2.45, 2.75) is 6.18 Å². The van der Waals surface area contributed by atoms with E-state index in [1.54, 1.807) is 0 Å². The second-order valence-electron chi connectivity index (χ2n) is 4.14. The minimum Gasteiger partial charge on any atom is -0.457 e. The zero-order chi connectivity index (χ0) is 15.5. The van der Waals surface area contributed by atoms with Crippen LogP contribution in [0.1, 0.15) is 5.56 Å². The van der Waals surface area contributed by atoms with Crippen LogP contribution in [0.3, 0.4) is 0 Å². The maximum atomic E-state index is 12.6. The summed E-state index contributed by atoms with van der Waals surface area (Å²) >= 11 is 0. The quantitative estimate of drug-likeness (QED) is 0.899. The molecule has 2 rings (SSSR count). The number of ether oxygens (including phenoxy) is 1. The number of hydrogen-bond donors (Lipinski definition) is 2. The van der Waals surface area contributed by atoms with E-state index >= 15 is 0 Å². The molecule has 21 heavy (non-hydrogen) atoms. The Morgan fingerprint density at radius 3 is 2.29 bits per heavy atom. The normalized spacial score (nSPS) is 11.0. The molecule has 0 heterocycles. The van der Waals surface area contributed by atoms with Crippen LogP contribution in [-0.2, 0) is 6.18 Å². The molecule has 2 aromatic carbocycles. The van der Waals surface area contributed by atoms with Gasteiger partial charge >= 0.3 is 12.2 Å². The van der Waals surface area contributed by atoms with Crippen molar-refractivity contribution in [2.24, 2.45) is 5.73 Å². The Morgan fingerprint density at radius 2 is 1.71 bits per heavy atom. The lowest BCUT2D eigenvalue weighted by molar-refractivity contribution is -0.137. The summed E-state index contributed by atoms with van der Waals surface area (Å²) in [6, 6.07) is 9.91. The summed E-state index contributed by atoms with van der Waals surface area (Å²) in [5.74, 6) is 0.407. The number of alkyl halides is 3. The van der Waals surface area contributed by atoms with Crippen molar-refractivity contribution in [1.82, 2.24) is 0 Å². The van der Waals surface area contributed by atoms with Crippen molar-refractivity contribution >= 4 is 11.7 Å². The number of amides is 2. The summed E-state index contributed by atoms with van der Waals surface area (Å²) in [6.07, 6.45) is -4.42. The highest BCUT2D eigenvalue weighted by Gasteiger charge is 2.30. The van der Waals surface area contributed by atoms with Gasteiger partial charge in [-0.15, -0.1) is 0 Å². The van der Waals surface area contributed by atoms with Gasteiger partial charge in [0.25, 0.3) is 0 Å². The minimum atomic E-state index is -4.42. The van der Waals surface area contributed by atoms with Crippen LogP contribution < -0.4 is 15.8 Å². The average Bonchev–Trinajstić information content (AvgIpc) is 2.40. The molecule has 0 saturated carbocycles. The van der Waals surface area contributed by atoms with Crippen molar-refractivity contribution in [3.63, 3.8) is 0 Å². The molecule has 0 unspecified atom stereocenters.